The molecule has 1 aliphatic heterocycles. The Morgan fingerprint density at radius 1 is 1.13 bits per heavy atom. The van der Waals surface area contributed by atoms with Crippen LogP contribution in [-0.4, -0.2) is 29.0 Å². The van der Waals surface area contributed by atoms with Crippen molar-refractivity contribution in [2.45, 2.75) is 33.2 Å². The molecule has 156 valence electrons. The third-order valence-corrected chi connectivity index (χ3v) is 5.45. The van der Waals surface area contributed by atoms with Gasteiger partial charge in [0, 0.05) is 36.1 Å². The monoisotopic (exact) mass is 423 g/mol. The lowest BCUT2D eigenvalue weighted by Crippen LogP contribution is -2.35. The number of hydrogen-bond acceptors (Lipinski definition) is 6. The van der Waals surface area contributed by atoms with Crippen LogP contribution in [0.25, 0.3) is 0 Å². The predicted octanol–water partition coefficient (Wildman–Crippen LogP) is 4.03. The summed E-state index contributed by atoms with van der Waals surface area (Å²) < 4.78 is 11.3. The first kappa shape index (κ1) is 20.3. The molecule has 6 nitrogen and oxygen atoms in total. The summed E-state index contributed by atoms with van der Waals surface area (Å²) in [7, 11) is 0. The van der Waals surface area contributed by atoms with Gasteiger partial charge in [0.05, 0.1) is 5.57 Å². The first-order valence-corrected chi connectivity index (χ1v) is 10.4. The van der Waals surface area contributed by atoms with E-state index in [1.807, 2.05) is 36.4 Å². The van der Waals surface area contributed by atoms with E-state index in [4.69, 9.17) is 21.7 Å². The number of nitrogens with zero attached hydrogens (tertiary/aromatic N) is 1. The summed E-state index contributed by atoms with van der Waals surface area (Å²) >= 11 is 5.63. The molecule has 0 unspecified atom stereocenters. The van der Waals surface area contributed by atoms with Crippen molar-refractivity contribution in [1.29, 1.82) is 0 Å². The first-order valence-electron chi connectivity index (χ1n) is 10.0. The SMILES string of the molecule is CC1(C)CC(=O)C(C(=S)Nc2ccccc2)=C(NCc2ccnc3c2OCCO3)C1. The van der Waals surface area contributed by atoms with Crippen LogP contribution in [0.4, 0.5) is 5.69 Å². The fourth-order valence-electron chi connectivity index (χ4n) is 3.80. The van der Waals surface area contributed by atoms with Crippen LogP contribution in [0.15, 0.2) is 53.9 Å². The quantitative estimate of drug-likeness (QED) is 0.704. The van der Waals surface area contributed by atoms with Crippen LogP contribution >= 0.6 is 12.2 Å². The zero-order chi connectivity index (χ0) is 21.1. The van der Waals surface area contributed by atoms with Crippen molar-refractivity contribution in [3.63, 3.8) is 0 Å². The van der Waals surface area contributed by atoms with Gasteiger partial charge in [0.1, 0.15) is 18.2 Å². The van der Waals surface area contributed by atoms with Gasteiger partial charge in [-0.3, -0.25) is 4.79 Å². The van der Waals surface area contributed by atoms with Gasteiger partial charge in [0.25, 0.3) is 5.88 Å². The van der Waals surface area contributed by atoms with Gasteiger partial charge in [-0.15, -0.1) is 0 Å². The second kappa shape index (κ2) is 8.44. The van der Waals surface area contributed by atoms with Crippen molar-refractivity contribution in [3.8, 4) is 11.6 Å². The lowest BCUT2D eigenvalue weighted by atomic mass is 9.75. The molecule has 30 heavy (non-hydrogen) atoms. The van der Waals surface area contributed by atoms with Crippen molar-refractivity contribution >= 4 is 28.7 Å². The molecule has 0 spiro atoms. The lowest BCUT2D eigenvalue weighted by molar-refractivity contribution is -0.117. The van der Waals surface area contributed by atoms with E-state index in [0.29, 0.717) is 48.4 Å². The van der Waals surface area contributed by atoms with Gasteiger partial charge in [0.15, 0.2) is 11.5 Å². The molecule has 1 aromatic heterocycles. The molecule has 0 saturated carbocycles. The number of para-hydroxylation sites is 1. The number of Topliss-reactive ketones (excluding diaryl/α,β-unsaturated/α-hetero) is 1. The molecule has 1 aromatic carbocycles. The third-order valence-electron chi connectivity index (χ3n) is 5.15. The highest BCUT2D eigenvalue weighted by Gasteiger charge is 2.34. The Balaban J connectivity index is 1.60. The van der Waals surface area contributed by atoms with Crippen LogP contribution in [0.2, 0.25) is 0 Å². The minimum absolute atomic E-state index is 0.0542. The Bertz CT molecular complexity index is 1000. The summed E-state index contributed by atoms with van der Waals surface area (Å²) in [6.45, 7) is 5.68. The van der Waals surface area contributed by atoms with E-state index >= 15 is 0 Å². The predicted molar refractivity (Wildman–Crippen MR) is 120 cm³/mol. The second-order valence-corrected chi connectivity index (χ2v) is 8.68. The molecular weight excluding hydrogens is 398 g/mol. The molecule has 0 atom stereocenters. The number of allylic oxidation sites excluding steroid dienone is 1. The molecule has 7 heteroatoms. The Morgan fingerprint density at radius 3 is 2.70 bits per heavy atom. The normalized spacial score (nSPS) is 17.5. The minimum atomic E-state index is -0.136. The van der Waals surface area contributed by atoms with Crippen LogP contribution in [0, 0.1) is 5.41 Å². The first-order chi connectivity index (χ1) is 14.4. The molecule has 2 N–H and O–H groups in total. The number of nitrogens with one attached hydrogen (secondary N) is 2. The Morgan fingerprint density at radius 2 is 1.90 bits per heavy atom. The summed E-state index contributed by atoms with van der Waals surface area (Å²) in [6.07, 6.45) is 2.90. The van der Waals surface area contributed by atoms with E-state index in [0.717, 1.165) is 23.4 Å². The van der Waals surface area contributed by atoms with E-state index < -0.39 is 0 Å². The maximum Gasteiger partial charge on any atom is 0.257 e. The van der Waals surface area contributed by atoms with Crippen molar-refractivity contribution in [1.82, 2.24) is 10.3 Å². The number of ether oxygens (including phenoxy) is 2. The Labute approximate surface area is 181 Å². The van der Waals surface area contributed by atoms with Crippen LogP contribution in [0.5, 0.6) is 11.6 Å². The summed E-state index contributed by atoms with van der Waals surface area (Å²) in [5.74, 6) is 1.22. The van der Waals surface area contributed by atoms with E-state index in [-0.39, 0.29) is 11.2 Å². The van der Waals surface area contributed by atoms with Gasteiger partial charge in [-0.1, -0.05) is 44.3 Å². The second-order valence-electron chi connectivity index (χ2n) is 8.27. The minimum Gasteiger partial charge on any atom is -0.484 e. The summed E-state index contributed by atoms with van der Waals surface area (Å²) in [5, 5.41) is 6.66. The molecule has 2 aromatic rings. The number of thiocarbonyl (C=S) groups is 1. The molecule has 2 aliphatic rings. The van der Waals surface area contributed by atoms with Crippen molar-refractivity contribution in [3.05, 3.63) is 59.4 Å². The summed E-state index contributed by atoms with van der Waals surface area (Å²) in [4.78, 5) is 17.7. The van der Waals surface area contributed by atoms with E-state index in [9.17, 15) is 4.79 Å². The van der Waals surface area contributed by atoms with Crippen LogP contribution < -0.4 is 20.1 Å². The molecule has 0 amide bonds. The zero-order valence-corrected chi connectivity index (χ0v) is 18.0. The number of pyridine rings is 1. The molecule has 0 bridgehead atoms. The maximum atomic E-state index is 13.0. The number of aromatic nitrogens is 1. The van der Waals surface area contributed by atoms with Crippen LogP contribution in [0.3, 0.4) is 0 Å². The fraction of sp³-hybridized carbons (Fsp3) is 0.348. The molecule has 0 saturated heterocycles. The topological polar surface area (TPSA) is 72.5 Å². The highest BCUT2D eigenvalue weighted by Crippen LogP contribution is 2.37. The average Bonchev–Trinajstić information content (AvgIpc) is 2.71. The number of carbonyl (C=O) groups excluding carboxylic acids is 1. The van der Waals surface area contributed by atoms with Crippen molar-refractivity contribution < 1.29 is 14.3 Å². The fourth-order valence-corrected chi connectivity index (χ4v) is 4.15. The highest BCUT2D eigenvalue weighted by atomic mass is 32.1. The Kier molecular flexibility index (Phi) is 5.72. The lowest BCUT2D eigenvalue weighted by Gasteiger charge is -2.33. The molecule has 2 heterocycles. The van der Waals surface area contributed by atoms with E-state index in [1.54, 1.807) is 6.20 Å². The van der Waals surface area contributed by atoms with E-state index in [2.05, 4.69) is 29.5 Å². The Hall–Kier alpha value is -2.93. The van der Waals surface area contributed by atoms with Gasteiger partial charge >= 0.3 is 0 Å². The van der Waals surface area contributed by atoms with Gasteiger partial charge < -0.3 is 20.1 Å². The van der Waals surface area contributed by atoms with Crippen LogP contribution in [0.1, 0.15) is 32.3 Å². The number of rotatable bonds is 5. The number of ketones is 1. The summed E-state index contributed by atoms with van der Waals surface area (Å²) in [6, 6.07) is 11.6. The summed E-state index contributed by atoms with van der Waals surface area (Å²) in [5.41, 5.74) is 3.08. The maximum absolute atomic E-state index is 13.0. The van der Waals surface area contributed by atoms with Crippen molar-refractivity contribution in [2.24, 2.45) is 5.41 Å². The zero-order valence-electron chi connectivity index (χ0n) is 17.2. The molecule has 0 fully saturated rings. The van der Waals surface area contributed by atoms with Gasteiger partial charge in [-0.05, 0) is 30.0 Å². The number of fused-ring (bicyclic) bond motifs is 1. The number of carbonyl (C=O) groups is 1. The van der Waals surface area contributed by atoms with Gasteiger partial charge in [-0.2, -0.15) is 0 Å². The van der Waals surface area contributed by atoms with E-state index in [1.165, 1.54) is 0 Å². The van der Waals surface area contributed by atoms with Gasteiger partial charge in [0.2, 0.25) is 0 Å². The standard InChI is InChI=1S/C23H25N3O3S/c1-23(2)12-17(25-14-15-8-9-24-21-20(15)28-10-11-29-21)19(18(27)13-23)22(30)26-16-6-4-3-5-7-16/h3-9,25H,10-14H2,1-2H3,(H,26,30). The number of hydrogen-bond donors (Lipinski definition) is 2. The number of benzene rings is 1. The average molecular weight is 424 g/mol. The highest BCUT2D eigenvalue weighted by molar-refractivity contribution is 7.81. The molecule has 0 radical (unpaired) electrons. The third kappa shape index (κ3) is 4.46. The van der Waals surface area contributed by atoms with Gasteiger partial charge in [-0.25, -0.2) is 4.98 Å². The van der Waals surface area contributed by atoms with Crippen LogP contribution in [-0.2, 0) is 11.3 Å². The number of anilines is 1. The smallest absolute Gasteiger partial charge is 0.257 e. The molecule has 4 rings (SSSR count). The molecule has 1 aliphatic carbocycles. The largest absolute Gasteiger partial charge is 0.484 e. The molecular formula is C23H25N3O3S. The van der Waals surface area contributed by atoms with Crippen molar-refractivity contribution in [2.75, 3.05) is 18.5 Å².